The molecule has 0 aliphatic heterocycles. The van der Waals surface area contributed by atoms with E-state index in [0.717, 1.165) is 11.1 Å². The maximum Gasteiger partial charge on any atom is 0.313 e. The number of anilines is 2. The van der Waals surface area contributed by atoms with Crippen LogP contribution in [-0.4, -0.2) is 24.3 Å². The second-order valence-corrected chi connectivity index (χ2v) is 6.37. The Morgan fingerprint density at radius 3 is 2.35 bits per heavy atom. The molecule has 0 fully saturated rings. The lowest BCUT2D eigenvalue weighted by Gasteiger charge is -2.10. The van der Waals surface area contributed by atoms with E-state index in [1.807, 2.05) is 19.9 Å². The van der Waals surface area contributed by atoms with Gasteiger partial charge in [0.2, 0.25) is 5.91 Å². The average molecular weight is 394 g/mol. The van der Waals surface area contributed by atoms with E-state index in [-0.39, 0.29) is 11.6 Å². The molecule has 2 aromatic carbocycles. The van der Waals surface area contributed by atoms with Gasteiger partial charge in [-0.05, 0) is 49.2 Å². The maximum absolute atomic E-state index is 11.9. The van der Waals surface area contributed by atoms with E-state index in [1.165, 1.54) is 0 Å². The van der Waals surface area contributed by atoms with E-state index < -0.39 is 17.7 Å². The number of carbonyl (C=O) groups excluding carboxylic acids is 3. The van der Waals surface area contributed by atoms with Gasteiger partial charge in [0.25, 0.3) is 0 Å². The van der Waals surface area contributed by atoms with Crippen LogP contribution in [0.2, 0.25) is 10.0 Å². The van der Waals surface area contributed by atoms with Crippen LogP contribution in [0.5, 0.6) is 0 Å². The van der Waals surface area contributed by atoms with Gasteiger partial charge in [-0.3, -0.25) is 14.4 Å². The molecule has 3 N–H and O–H groups in total. The number of hydrogen-bond donors (Lipinski definition) is 3. The van der Waals surface area contributed by atoms with Gasteiger partial charge < -0.3 is 16.0 Å². The van der Waals surface area contributed by atoms with E-state index in [4.69, 9.17) is 23.2 Å². The molecule has 0 heterocycles. The van der Waals surface area contributed by atoms with Crippen LogP contribution in [0.15, 0.2) is 36.4 Å². The monoisotopic (exact) mass is 393 g/mol. The smallest absolute Gasteiger partial charge is 0.313 e. The molecule has 0 saturated heterocycles. The lowest BCUT2D eigenvalue weighted by molar-refractivity contribution is -0.136. The van der Waals surface area contributed by atoms with Crippen molar-refractivity contribution in [3.05, 3.63) is 57.6 Å². The zero-order valence-corrected chi connectivity index (χ0v) is 15.7. The summed E-state index contributed by atoms with van der Waals surface area (Å²) < 4.78 is 0. The number of hydrogen-bond acceptors (Lipinski definition) is 3. The molecule has 136 valence electrons. The summed E-state index contributed by atoms with van der Waals surface area (Å²) in [6.07, 6.45) is 0. The molecule has 0 aromatic heterocycles. The van der Waals surface area contributed by atoms with Crippen LogP contribution in [0.25, 0.3) is 0 Å². The van der Waals surface area contributed by atoms with Gasteiger partial charge in [-0.1, -0.05) is 35.3 Å². The third-order valence-corrected chi connectivity index (χ3v) is 4.43. The molecule has 0 spiro atoms. The molecule has 0 bridgehead atoms. The second kappa shape index (κ2) is 8.69. The normalized spacial score (nSPS) is 10.2. The Bertz CT molecular complexity index is 869. The standard InChI is InChI=1S/C18H17Cl2N3O3/c1-10-6-7-12(8-11(10)2)22-18(26)17(25)21-9-15(24)23-14-5-3-4-13(19)16(14)20/h3-8H,9H2,1-2H3,(H,21,25)(H,22,26)(H,23,24). The highest BCUT2D eigenvalue weighted by Gasteiger charge is 2.16. The van der Waals surface area contributed by atoms with Crippen LogP contribution in [0, 0.1) is 13.8 Å². The molecule has 0 radical (unpaired) electrons. The quantitative estimate of drug-likeness (QED) is 0.696. The van der Waals surface area contributed by atoms with E-state index >= 15 is 0 Å². The average Bonchev–Trinajstić information content (AvgIpc) is 2.60. The topological polar surface area (TPSA) is 87.3 Å². The van der Waals surface area contributed by atoms with Crippen molar-refractivity contribution in [2.24, 2.45) is 0 Å². The first-order chi connectivity index (χ1) is 12.3. The minimum atomic E-state index is -0.921. The summed E-state index contributed by atoms with van der Waals surface area (Å²) in [5.74, 6) is -2.32. The molecule has 0 saturated carbocycles. The molecule has 0 atom stereocenters. The first-order valence-corrected chi connectivity index (χ1v) is 8.44. The molecule has 0 unspecified atom stereocenters. The number of amides is 3. The summed E-state index contributed by atoms with van der Waals surface area (Å²) in [5.41, 5.74) is 2.88. The molecule has 2 rings (SSSR count). The lowest BCUT2D eigenvalue weighted by atomic mass is 10.1. The van der Waals surface area contributed by atoms with Crippen molar-refractivity contribution in [3.8, 4) is 0 Å². The fourth-order valence-electron chi connectivity index (χ4n) is 2.04. The molecule has 0 aliphatic carbocycles. The zero-order chi connectivity index (χ0) is 19.3. The largest absolute Gasteiger partial charge is 0.339 e. The highest BCUT2D eigenvalue weighted by molar-refractivity contribution is 6.44. The maximum atomic E-state index is 11.9. The van der Waals surface area contributed by atoms with E-state index in [1.54, 1.807) is 30.3 Å². The molecule has 2 aromatic rings. The number of halogens is 2. The lowest BCUT2D eigenvalue weighted by Crippen LogP contribution is -2.39. The van der Waals surface area contributed by atoms with Gasteiger partial charge in [-0.25, -0.2) is 0 Å². The number of benzene rings is 2. The Kier molecular flexibility index (Phi) is 6.60. The van der Waals surface area contributed by atoms with Crippen molar-refractivity contribution in [2.75, 3.05) is 17.2 Å². The number of rotatable bonds is 4. The van der Waals surface area contributed by atoms with Gasteiger partial charge in [-0.2, -0.15) is 0 Å². The Hall–Kier alpha value is -2.57. The van der Waals surface area contributed by atoms with E-state index in [2.05, 4.69) is 16.0 Å². The first-order valence-electron chi connectivity index (χ1n) is 7.68. The summed E-state index contributed by atoms with van der Waals surface area (Å²) in [4.78, 5) is 35.6. The van der Waals surface area contributed by atoms with Crippen LogP contribution < -0.4 is 16.0 Å². The van der Waals surface area contributed by atoms with Crippen molar-refractivity contribution < 1.29 is 14.4 Å². The molecule has 0 aliphatic rings. The molecule has 26 heavy (non-hydrogen) atoms. The third-order valence-electron chi connectivity index (χ3n) is 3.61. The van der Waals surface area contributed by atoms with Gasteiger partial charge in [0.15, 0.2) is 0 Å². The predicted molar refractivity (Wildman–Crippen MR) is 103 cm³/mol. The van der Waals surface area contributed by atoms with Crippen LogP contribution in [0.1, 0.15) is 11.1 Å². The molecular formula is C18H17Cl2N3O3. The summed E-state index contributed by atoms with van der Waals surface area (Å²) in [6.45, 7) is 3.46. The summed E-state index contributed by atoms with van der Waals surface area (Å²) in [6, 6.07) is 10.1. The Morgan fingerprint density at radius 1 is 0.923 bits per heavy atom. The van der Waals surface area contributed by atoms with Crippen molar-refractivity contribution in [1.29, 1.82) is 0 Å². The van der Waals surface area contributed by atoms with Crippen LogP contribution >= 0.6 is 23.2 Å². The zero-order valence-electron chi connectivity index (χ0n) is 14.2. The Labute approximate surface area is 160 Å². The molecule has 8 heteroatoms. The van der Waals surface area contributed by atoms with Crippen molar-refractivity contribution in [1.82, 2.24) is 5.32 Å². The summed E-state index contributed by atoms with van der Waals surface area (Å²) in [7, 11) is 0. The third kappa shape index (κ3) is 5.21. The number of nitrogens with one attached hydrogen (secondary N) is 3. The fraction of sp³-hybridized carbons (Fsp3) is 0.167. The van der Waals surface area contributed by atoms with Crippen LogP contribution in [0.3, 0.4) is 0 Å². The molecule has 6 nitrogen and oxygen atoms in total. The first kappa shape index (κ1) is 19.8. The van der Waals surface area contributed by atoms with E-state index in [9.17, 15) is 14.4 Å². The number of carbonyl (C=O) groups is 3. The number of aryl methyl sites for hydroxylation is 2. The predicted octanol–water partition coefficient (Wildman–Crippen LogP) is 3.30. The highest BCUT2D eigenvalue weighted by atomic mass is 35.5. The van der Waals surface area contributed by atoms with Gasteiger partial charge in [-0.15, -0.1) is 0 Å². The van der Waals surface area contributed by atoms with Gasteiger partial charge >= 0.3 is 11.8 Å². The summed E-state index contributed by atoms with van der Waals surface area (Å²) >= 11 is 11.8. The molecule has 3 amide bonds. The van der Waals surface area contributed by atoms with E-state index in [0.29, 0.717) is 16.4 Å². The van der Waals surface area contributed by atoms with Gasteiger partial charge in [0.1, 0.15) is 0 Å². The van der Waals surface area contributed by atoms with Gasteiger partial charge in [0, 0.05) is 5.69 Å². The van der Waals surface area contributed by atoms with Crippen molar-refractivity contribution in [2.45, 2.75) is 13.8 Å². The Morgan fingerprint density at radius 2 is 1.65 bits per heavy atom. The SMILES string of the molecule is Cc1ccc(NC(=O)C(=O)NCC(=O)Nc2cccc(Cl)c2Cl)cc1C. The molecular weight excluding hydrogens is 377 g/mol. The summed E-state index contributed by atoms with van der Waals surface area (Å²) in [5, 5.41) is 7.72. The van der Waals surface area contributed by atoms with Crippen LogP contribution in [-0.2, 0) is 14.4 Å². The Balaban J connectivity index is 1.87. The minimum Gasteiger partial charge on any atom is -0.339 e. The van der Waals surface area contributed by atoms with Crippen molar-refractivity contribution in [3.63, 3.8) is 0 Å². The van der Waals surface area contributed by atoms with Crippen LogP contribution in [0.4, 0.5) is 11.4 Å². The minimum absolute atomic E-state index is 0.196. The highest BCUT2D eigenvalue weighted by Crippen LogP contribution is 2.29. The second-order valence-electron chi connectivity index (χ2n) is 5.59. The van der Waals surface area contributed by atoms with Gasteiger partial charge in [0.05, 0.1) is 22.3 Å². The van der Waals surface area contributed by atoms with Crippen molar-refractivity contribution >= 4 is 52.3 Å². The fourth-order valence-corrected chi connectivity index (χ4v) is 2.39.